The van der Waals surface area contributed by atoms with Gasteiger partial charge in [-0.1, -0.05) is 12.2 Å². The molecule has 0 amide bonds. The van der Waals surface area contributed by atoms with Crippen molar-refractivity contribution >= 4 is 0 Å². The van der Waals surface area contributed by atoms with E-state index in [2.05, 4.69) is 19.1 Å². The van der Waals surface area contributed by atoms with Gasteiger partial charge in [-0.15, -0.1) is 0 Å². The van der Waals surface area contributed by atoms with E-state index in [1.165, 1.54) is 25.7 Å². The van der Waals surface area contributed by atoms with Gasteiger partial charge in [-0.25, -0.2) is 0 Å². The third-order valence-corrected chi connectivity index (χ3v) is 5.15. The summed E-state index contributed by atoms with van der Waals surface area (Å²) >= 11 is 0. The summed E-state index contributed by atoms with van der Waals surface area (Å²) in [7, 11) is 1.88. The lowest BCUT2D eigenvalue weighted by atomic mass is 9.56. The summed E-state index contributed by atoms with van der Waals surface area (Å²) in [6.45, 7) is 2.97. The van der Waals surface area contributed by atoms with E-state index in [9.17, 15) is 0 Å². The van der Waals surface area contributed by atoms with E-state index in [-0.39, 0.29) is 0 Å². The number of methoxy groups -OCH3 is 1. The number of hydrogen-bond donors (Lipinski definition) is 0. The van der Waals surface area contributed by atoms with Crippen LogP contribution >= 0.6 is 0 Å². The number of fused-ring (bicyclic) bond motifs is 1. The number of hydrogen-bond acceptors (Lipinski definition) is 2. The van der Waals surface area contributed by atoms with Crippen LogP contribution in [-0.4, -0.2) is 25.9 Å². The van der Waals surface area contributed by atoms with E-state index >= 15 is 0 Å². The Bertz CT molecular complexity index is 299. The second-order valence-electron chi connectivity index (χ2n) is 5.79. The zero-order valence-electron chi connectivity index (χ0n) is 11.0. The average molecular weight is 236 g/mol. The Hall–Kier alpha value is -0.340. The second-order valence-corrected chi connectivity index (χ2v) is 5.79. The second kappa shape index (κ2) is 4.74. The molecule has 4 rings (SSSR count). The fourth-order valence-corrected chi connectivity index (χ4v) is 4.52. The van der Waals surface area contributed by atoms with E-state index in [0.717, 1.165) is 24.4 Å². The zero-order chi connectivity index (χ0) is 11.8. The van der Waals surface area contributed by atoms with Crippen LogP contribution in [0.5, 0.6) is 0 Å². The van der Waals surface area contributed by atoms with Crippen molar-refractivity contribution in [1.82, 2.24) is 0 Å². The van der Waals surface area contributed by atoms with Crippen LogP contribution in [0.1, 0.15) is 32.6 Å². The quantitative estimate of drug-likeness (QED) is 0.701. The summed E-state index contributed by atoms with van der Waals surface area (Å²) in [5.74, 6) is 2.93. The van der Waals surface area contributed by atoms with Gasteiger partial charge in [0.05, 0.1) is 12.2 Å². The zero-order valence-corrected chi connectivity index (χ0v) is 11.0. The van der Waals surface area contributed by atoms with Crippen molar-refractivity contribution in [2.75, 3.05) is 13.7 Å². The number of allylic oxidation sites excluding steroid dienone is 2. The van der Waals surface area contributed by atoms with Gasteiger partial charge in [0, 0.05) is 13.7 Å². The normalized spacial score (nSPS) is 48.1. The van der Waals surface area contributed by atoms with Crippen molar-refractivity contribution in [3.8, 4) is 0 Å². The molecular weight excluding hydrogens is 212 g/mol. The van der Waals surface area contributed by atoms with Gasteiger partial charge < -0.3 is 9.47 Å². The Morgan fingerprint density at radius 3 is 2.06 bits per heavy atom. The highest BCUT2D eigenvalue weighted by Crippen LogP contribution is 2.52. The molecular formula is C15H24O2. The van der Waals surface area contributed by atoms with Crippen LogP contribution in [0.4, 0.5) is 0 Å². The van der Waals surface area contributed by atoms with Gasteiger partial charge in [0.1, 0.15) is 0 Å². The van der Waals surface area contributed by atoms with E-state index in [1.807, 2.05) is 7.11 Å². The molecule has 2 fully saturated rings. The Morgan fingerprint density at radius 2 is 1.53 bits per heavy atom. The fraction of sp³-hybridized carbons (Fsp3) is 0.867. The maximum absolute atomic E-state index is 6.01. The smallest absolute Gasteiger partial charge is 0.0613 e. The fourth-order valence-electron chi connectivity index (χ4n) is 4.52. The monoisotopic (exact) mass is 236 g/mol. The van der Waals surface area contributed by atoms with E-state index in [0.29, 0.717) is 18.1 Å². The average Bonchev–Trinajstić information content (AvgIpc) is 2.40. The molecule has 6 atom stereocenters. The van der Waals surface area contributed by atoms with Crippen LogP contribution in [0, 0.1) is 23.7 Å². The first kappa shape index (κ1) is 11.7. The van der Waals surface area contributed by atoms with E-state index in [4.69, 9.17) is 9.47 Å². The minimum absolute atomic E-state index is 0.467. The SMILES string of the molecule is CCO[C@@H]1CC[C@@H](OC)C2C1[C@H]1C=C[C@@H]2CC1. The minimum atomic E-state index is 0.467. The van der Waals surface area contributed by atoms with Crippen LogP contribution in [0.25, 0.3) is 0 Å². The first-order valence-electron chi connectivity index (χ1n) is 7.18. The van der Waals surface area contributed by atoms with Crippen molar-refractivity contribution in [2.45, 2.75) is 44.8 Å². The Kier molecular flexibility index (Phi) is 3.27. The third-order valence-electron chi connectivity index (χ3n) is 5.15. The summed E-state index contributed by atoms with van der Waals surface area (Å²) in [4.78, 5) is 0. The molecule has 0 radical (unpaired) electrons. The molecule has 0 aromatic heterocycles. The topological polar surface area (TPSA) is 18.5 Å². The predicted octanol–water partition coefficient (Wildman–Crippen LogP) is 3.03. The first-order chi connectivity index (χ1) is 8.35. The molecule has 96 valence electrons. The molecule has 0 heterocycles. The van der Waals surface area contributed by atoms with Crippen molar-refractivity contribution in [3.63, 3.8) is 0 Å². The molecule has 4 aliphatic rings. The summed E-state index contributed by atoms with van der Waals surface area (Å²) in [6, 6.07) is 0. The van der Waals surface area contributed by atoms with E-state index in [1.54, 1.807) is 0 Å². The summed E-state index contributed by atoms with van der Waals surface area (Å²) in [5, 5.41) is 0. The van der Waals surface area contributed by atoms with Crippen LogP contribution < -0.4 is 0 Å². The lowest BCUT2D eigenvalue weighted by Crippen LogP contribution is -2.52. The Balaban J connectivity index is 1.86. The largest absolute Gasteiger partial charge is 0.381 e. The highest BCUT2D eigenvalue weighted by atomic mass is 16.5. The maximum atomic E-state index is 6.01. The first-order valence-corrected chi connectivity index (χ1v) is 7.18. The molecule has 0 aromatic carbocycles. The molecule has 4 aliphatic carbocycles. The van der Waals surface area contributed by atoms with Gasteiger partial charge in [0.25, 0.3) is 0 Å². The highest BCUT2D eigenvalue weighted by Gasteiger charge is 2.50. The summed E-state index contributed by atoms with van der Waals surface area (Å²) in [6.07, 6.45) is 11.0. The Labute approximate surface area is 104 Å². The number of ether oxygens (including phenoxy) is 2. The molecule has 0 aromatic rings. The van der Waals surface area contributed by atoms with E-state index < -0.39 is 0 Å². The molecule has 2 unspecified atom stereocenters. The maximum Gasteiger partial charge on any atom is 0.0613 e. The minimum Gasteiger partial charge on any atom is -0.381 e. The van der Waals surface area contributed by atoms with Crippen molar-refractivity contribution in [2.24, 2.45) is 23.7 Å². The lowest BCUT2D eigenvalue weighted by Gasteiger charge is -2.53. The van der Waals surface area contributed by atoms with Gasteiger partial charge in [0.2, 0.25) is 0 Å². The molecule has 2 nitrogen and oxygen atoms in total. The van der Waals surface area contributed by atoms with Gasteiger partial charge in [-0.2, -0.15) is 0 Å². The molecule has 0 aliphatic heterocycles. The van der Waals surface area contributed by atoms with Gasteiger partial charge in [-0.3, -0.25) is 0 Å². The van der Waals surface area contributed by atoms with Gasteiger partial charge in [-0.05, 0) is 56.3 Å². The van der Waals surface area contributed by atoms with Crippen LogP contribution in [0.2, 0.25) is 0 Å². The summed E-state index contributed by atoms with van der Waals surface area (Å²) < 4.78 is 11.8. The molecule has 2 saturated carbocycles. The molecule has 2 heteroatoms. The molecule has 0 saturated heterocycles. The van der Waals surface area contributed by atoms with Crippen LogP contribution in [0.15, 0.2) is 12.2 Å². The Morgan fingerprint density at radius 1 is 0.941 bits per heavy atom. The van der Waals surface area contributed by atoms with Crippen molar-refractivity contribution in [1.29, 1.82) is 0 Å². The third kappa shape index (κ3) is 1.86. The lowest BCUT2D eigenvalue weighted by molar-refractivity contribution is -0.129. The summed E-state index contributed by atoms with van der Waals surface area (Å²) in [5.41, 5.74) is 0. The molecule has 0 spiro atoms. The predicted molar refractivity (Wildman–Crippen MR) is 67.8 cm³/mol. The highest BCUT2D eigenvalue weighted by molar-refractivity contribution is 5.14. The standard InChI is InChI=1S/C15H24O2/c1-3-17-13-9-8-12(16-2)14-10-4-6-11(7-5-10)15(13)14/h4,6,10-15H,3,5,7-9H2,1-2H3/t10-,11+,12-,13-,14?,15?/m1/s1. The van der Waals surface area contributed by atoms with Crippen LogP contribution in [0.3, 0.4) is 0 Å². The van der Waals surface area contributed by atoms with Gasteiger partial charge >= 0.3 is 0 Å². The van der Waals surface area contributed by atoms with Gasteiger partial charge in [0.15, 0.2) is 0 Å². The van der Waals surface area contributed by atoms with Crippen molar-refractivity contribution in [3.05, 3.63) is 12.2 Å². The van der Waals surface area contributed by atoms with Crippen molar-refractivity contribution < 1.29 is 9.47 Å². The molecule has 0 N–H and O–H groups in total. The van der Waals surface area contributed by atoms with Crippen LogP contribution in [-0.2, 0) is 9.47 Å². The number of rotatable bonds is 3. The molecule has 17 heavy (non-hydrogen) atoms. The molecule has 2 bridgehead atoms.